The van der Waals surface area contributed by atoms with Crippen LogP contribution in [-0.4, -0.2) is 47.8 Å². The lowest BCUT2D eigenvalue weighted by Gasteiger charge is -2.32. The molecular weight excluding hydrogens is 510 g/mol. The number of nitrogens with one attached hydrogen (secondary N) is 3. The van der Waals surface area contributed by atoms with Crippen molar-refractivity contribution in [3.8, 4) is 5.75 Å². The number of benzene rings is 2. The first-order valence-corrected chi connectivity index (χ1v) is 12.8. The number of rotatable bonds is 9. The Hall–Kier alpha value is -2.91. The first kappa shape index (κ1) is 25.2. The lowest BCUT2D eigenvalue weighted by Crippen LogP contribution is -2.39. The molecule has 9 heteroatoms. The fraction of sp³-hybridized carbons (Fsp3) is 0.423. The molecule has 35 heavy (non-hydrogen) atoms. The maximum absolute atomic E-state index is 12.4. The van der Waals surface area contributed by atoms with E-state index in [4.69, 9.17) is 15.9 Å². The number of amides is 2. The van der Waals surface area contributed by atoms with Crippen molar-refractivity contribution >= 4 is 39.3 Å². The van der Waals surface area contributed by atoms with E-state index in [1.165, 1.54) is 12.8 Å². The Morgan fingerprint density at radius 3 is 2.40 bits per heavy atom. The SMILES string of the molecule is CC(NC(=O)CC(=O)Nc1ccc(C(=N)N)cc1)c1ccc(OC2CCN(C3CC3)CC2)c(Br)c1. The lowest BCUT2D eigenvalue weighted by molar-refractivity contribution is -0.127. The van der Waals surface area contributed by atoms with Gasteiger partial charge in [-0.3, -0.25) is 15.0 Å². The third kappa shape index (κ3) is 7.05. The molecule has 0 bridgehead atoms. The number of carbonyl (C=O) groups is 2. The number of likely N-dealkylation sites (tertiary alicyclic amines) is 1. The fourth-order valence-corrected chi connectivity index (χ4v) is 4.81. The number of nitrogens with zero attached hydrogens (tertiary/aromatic N) is 1. The zero-order chi connectivity index (χ0) is 24.9. The molecule has 1 atom stereocenters. The minimum absolute atomic E-state index is 0.0447. The van der Waals surface area contributed by atoms with Gasteiger partial charge in [-0.05, 0) is 90.5 Å². The van der Waals surface area contributed by atoms with E-state index >= 15 is 0 Å². The van der Waals surface area contributed by atoms with E-state index in [0.29, 0.717) is 11.3 Å². The van der Waals surface area contributed by atoms with E-state index in [0.717, 1.165) is 47.8 Å². The number of hydrogen-bond donors (Lipinski definition) is 4. The highest BCUT2D eigenvalue weighted by molar-refractivity contribution is 9.10. The van der Waals surface area contributed by atoms with Gasteiger partial charge in [0.2, 0.25) is 11.8 Å². The highest BCUT2D eigenvalue weighted by Crippen LogP contribution is 2.33. The molecule has 1 unspecified atom stereocenters. The predicted octanol–water partition coefficient (Wildman–Crippen LogP) is 3.94. The summed E-state index contributed by atoms with van der Waals surface area (Å²) in [5.41, 5.74) is 7.46. The molecule has 1 aliphatic carbocycles. The fourth-order valence-electron chi connectivity index (χ4n) is 4.32. The van der Waals surface area contributed by atoms with E-state index in [9.17, 15) is 9.59 Å². The number of carbonyl (C=O) groups excluding carboxylic acids is 2. The number of anilines is 1. The number of ether oxygens (including phenoxy) is 1. The van der Waals surface area contributed by atoms with Gasteiger partial charge in [-0.2, -0.15) is 0 Å². The predicted molar refractivity (Wildman–Crippen MR) is 140 cm³/mol. The molecule has 1 saturated carbocycles. The number of halogens is 1. The minimum atomic E-state index is -0.414. The first-order chi connectivity index (χ1) is 16.8. The van der Waals surface area contributed by atoms with Gasteiger partial charge in [-0.25, -0.2) is 0 Å². The summed E-state index contributed by atoms with van der Waals surface area (Å²) in [7, 11) is 0. The quantitative estimate of drug-likeness (QED) is 0.217. The maximum atomic E-state index is 12.4. The Morgan fingerprint density at radius 2 is 1.80 bits per heavy atom. The monoisotopic (exact) mass is 541 g/mol. The molecule has 8 nitrogen and oxygen atoms in total. The van der Waals surface area contributed by atoms with Gasteiger partial charge < -0.3 is 26.0 Å². The van der Waals surface area contributed by atoms with E-state index in [2.05, 4.69) is 31.5 Å². The van der Waals surface area contributed by atoms with Crippen LogP contribution >= 0.6 is 15.9 Å². The summed E-state index contributed by atoms with van der Waals surface area (Å²) in [5, 5.41) is 13.0. The van der Waals surface area contributed by atoms with Crippen molar-refractivity contribution in [1.82, 2.24) is 10.2 Å². The third-order valence-electron chi connectivity index (χ3n) is 6.47. The van der Waals surface area contributed by atoms with Crippen LogP contribution in [0.5, 0.6) is 5.75 Å². The molecule has 5 N–H and O–H groups in total. The number of nitrogen functional groups attached to an aromatic ring is 1. The summed E-state index contributed by atoms with van der Waals surface area (Å²) in [6.45, 7) is 4.09. The van der Waals surface area contributed by atoms with Crippen LogP contribution in [0.4, 0.5) is 5.69 Å². The van der Waals surface area contributed by atoms with Crippen molar-refractivity contribution in [1.29, 1.82) is 5.41 Å². The Kier molecular flexibility index (Phi) is 8.07. The summed E-state index contributed by atoms with van der Waals surface area (Å²) in [5.74, 6) is -0.0128. The summed E-state index contributed by atoms with van der Waals surface area (Å²) in [6.07, 6.45) is 4.70. The van der Waals surface area contributed by atoms with Crippen molar-refractivity contribution in [3.05, 3.63) is 58.1 Å². The molecule has 2 aliphatic rings. The van der Waals surface area contributed by atoms with Crippen molar-refractivity contribution in [2.24, 2.45) is 5.73 Å². The van der Waals surface area contributed by atoms with E-state index in [-0.39, 0.29) is 30.3 Å². The average molecular weight is 542 g/mol. The standard InChI is InChI=1S/C26H32BrN5O3/c1-16(30-24(33)15-25(34)31-19-5-2-17(3-6-19)26(28)29)18-4-9-23(22(27)14-18)35-21-10-12-32(13-11-21)20-7-8-20/h2-6,9,14,16,20-21H,7-8,10-13,15H2,1H3,(H3,28,29)(H,30,33)(H,31,34). The molecule has 4 rings (SSSR count). The Labute approximate surface area is 214 Å². The molecule has 0 spiro atoms. The van der Waals surface area contributed by atoms with Gasteiger partial charge in [0.15, 0.2) is 0 Å². The Morgan fingerprint density at radius 1 is 1.11 bits per heavy atom. The summed E-state index contributed by atoms with van der Waals surface area (Å²) < 4.78 is 7.10. The molecule has 0 aromatic heterocycles. The molecule has 2 aromatic carbocycles. The van der Waals surface area contributed by atoms with Gasteiger partial charge >= 0.3 is 0 Å². The first-order valence-electron chi connectivity index (χ1n) is 12.0. The lowest BCUT2D eigenvalue weighted by atomic mass is 10.1. The van der Waals surface area contributed by atoms with E-state index < -0.39 is 5.91 Å². The molecule has 2 fully saturated rings. The highest BCUT2D eigenvalue weighted by Gasteiger charge is 2.32. The van der Waals surface area contributed by atoms with Crippen molar-refractivity contribution < 1.29 is 14.3 Å². The summed E-state index contributed by atoms with van der Waals surface area (Å²) >= 11 is 3.61. The molecule has 2 amide bonds. The number of hydrogen-bond acceptors (Lipinski definition) is 5. The molecule has 1 heterocycles. The van der Waals surface area contributed by atoms with Crippen LogP contribution < -0.4 is 21.1 Å². The zero-order valence-corrected chi connectivity index (χ0v) is 21.4. The largest absolute Gasteiger partial charge is 0.489 e. The Bertz CT molecular complexity index is 1080. The van der Waals surface area contributed by atoms with Crippen molar-refractivity contribution in [2.45, 2.75) is 57.2 Å². The van der Waals surface area contributed by atoms with Gasteiger partial charge in [-0.1, -0.05) is 6.07 Å². The van der Waals surface area contributed by atoms with Crippen LogP contribution in [0.15, 0.2) is 46.9 Å². The molecule has 1 saturated heterocycles. The zero-order valence-electron chi connectivity index (χ0n) is 19.9. The second-order valence-electron chi connectivity index (χ2n) is 9.28. The van der Waals surface area contributed by atoms with Gasteiger partial charge in [0.1, 0.15) is 24.1 Å². The minimum Gasteiger partial charge on any atom is -0.489 e. The number of piperidine rings is 1. The van der Waals surface area contributed by atoms with E-state index in [1.807, 2.05) is 25.1 Å². The molecule has 0 radical (unpaired) electrons. The molecule has 186 valence electrons. The molecular formula is C26H32BrN5O3. The van der Waals surface area contributed by atoms with E-state index in [1.54, 1.807) is 24.3 Å². The average Bonchev–Trinajstić information content (AvgIpc) is 3.66. The third-order valence-corrected chi connectivity index (χ3v) is 7.09. The van der Waals surface area contributed by atoms with Gasteiger partial charge in [0.05, 0.1) is 10.5 Å². The second kappa shape index (κ2) is 11.2. The second-order valence-corrected chi connectivity index (χ2v) is 10.1. The smallest absolute Gasteiger partial charge is 0.233 e. The number of amidine groups is 1. The van der Waals surface area contributed by atoms with Crippen LogP contribution in [0, 0.1) is 5.41 Å². The maximum Gasteiger partial charge on any atom is 0.233 e. The highest BCUT2D eigenvalue weighted by atomic mass is 79.9. The van der Waals surface area contributed by atoms with Crippen LogP contribution in [0.1, 0.15) is 56.2 Å². The van der Waals surface area contributed by atoms with Crippen LogP contribution in [-0.2, 0) is 9.59 Å². The summed E-state index contributed by atoms with van der Waals surface area (Å²) in [4.78, 5) is 27.2. The van der Waals surface area contributed by atoms with Crippen molar-refractivity contribution in [3.63, 3.8) is 0 Å². The van der Waals surface area contributed by atoms with Gasteiger partial charge in [-0.15, -0.1) is 0 Å². The Balaban J connectivity index is 1.24. The normalized spacial score (nSPS) is 17.4. The topological polar surface area (TPSA) is 121 Å². The molecule has 1 aliphatic heterocycles. The van der Waals surface area contributed by atoms with Crippen LogP contribution in [0.2, 0.25) is 0 Å². The van der Waals surface area contributed by atoms with Gasteiger partial charge in [0.25, 0.3) is 0 Å². The van der Waals surface area contributed by atoms with Crippen LogP contribution in [0.25, 0.3) is 0 Å². The van der Waals surface area contributed by atoms with Crippen LogP contribution in [0.3, 0.4) is 0 Å². The van der Waals surface area contributed by atoms with Gasteiger partial charge in [0, 0.05) is 30.4 Å². The molecule has 2 aromatic rings. The van der Waals surface area contributed by atoms with Crippen molar-refractivity contribution in [2.75, 3.05) is 18.4 Å². The summed E-state index contributed by atoms with van der Waals surface area (Å²) in [6, 6.07) is 13.0. The number of nitrogens with two attached hydrogens (primary N) is 1.